The summed E-state index contributed by atoms with van der Waals surface area (Å²) < 4.78 is 0. The quantitative estimate of drug-likeness (QED) is 0.665. The standard InChI is InChI=1S/C15H14ClN3O2S/c1-10-2-3-11(8-17-10)15(21)19-18-14(20)9-22-13-6-4-12(16)5-7-13/h2-8H,9H2,1H3,(H,18,20)(H,19,21). The number of benzene rings is 1. The van der Waals surface area contributed by atoms with Gasteiger partial charge in [0.05, 0.1) is 11.3 Å². The number of hydrogen-bond donors (Lipinski definition) is 2. The van der Waals surface area contributed by atoms with Gasteiger partial charge in [0, 0.05) is 21.8 Å². The van der Waals surface area contributed by atoms with Gasteiger partial charge in [0.1, 0.15) is 0 Å². The minimum absolute atomic E-state index is 0.189. The third-order valence-corrected chi connectivity index (χ3v) is 3.94. The van der Waals surface area contributed by atoms with E-state index in [1.165, 1.54) is 18.0 Å². The van der Waals surface area contributed by atoms with Gasteiger partial charge >= 0.3 is 0 Å². The van der Waals surface area contributed by atoms with Crippen LogP contribution in [0.5, 0.6) is 0 Å². The molecule has 0 aliphatic rings. The van der Waals surface area contributed by atoms with Crippen molar-refractivity contribution in [1.82, 2.24) is 15.8 Å². The summed E-state index contributed by atoms with van der Waals surface area (Å²) in [6, 6.07) is 10.6. The topological polar surface area (TPSA) is 71.1 Å². The first-order chi connectivity index (χ1) is 10.5. The van der Waals surface area contributed by atoms with E-state index < -0.39 is 5.91 Å². The van der Waals surface area contributed by atoms with Gasteiger partial charge in [0.15, 0.2) is 0 Å². The molecule has 7 heteroatoms. The van der Waals surface area contributed by atoms with Gasteiger partial charge in [-0.05, 0) is 43.3 Å². The molecule has 1 aromatic carbocycles. The third-order valence-electron chi connectivity index (χ3n) is 2.67. The third kappa shape index (κ3) is 5.05. The van der Waals surface area contributed by atoms with Gasteiger partial charge in [-0.25, -0.2) is 0 Å². The van der Waals surface area contributed by atoms with Crippen molar-refractivity contribution < 1.29 is 9.59 Å². The summed E-state index contributed by atoms with van der Waals surface area (Å²) in [4.78, 5) is 28.4. The summed E-state index contributed by atoms with van der Waals surface area (Å²) in [5.74, 6) is -0.514. The van der Waals surface area contributed by atoms with Crippen molar-refractivity contribution in [2.24, 2.45) is 0 Å². The molecule has 0 fully saturated rings. The Morgan fingerprint density at radius 3 is 2.50 bits per heavy atom. The van der Waals surface area contributed by atoms with Crippen LogP contribution in [0, 0.1) is 6.92 Å². The molecule has 0 radical (unpaired) electrons. The molecule has 5 nitrogen and oxygen atoms in total. The Bertz CT molecular complexity index is 659. The van der Waals surface area contributed by atoms with Crippen LogP contribution in [0.1, 0.15) is 16.1 Å². The maximum atomic E-state index is 11.8. The average Bonchev–Trinajstić information content (AvgIpc) is 2.52. The number of aryl methyl sites for hydroxylation is 1. The van der Waals surface area contributed by atoms with Gasteiger partial charge in [-0.2, -0.15) is 0 Å². The van der Waals surface area contributed by atoms with Gasteiger partial charge in [-0.1, -0.05) is 11.6 Å². The highest BCUT2D eigenvalue weighted by molar-refractivity contribution is 8.00. The number of nitrogens with zero attached hydrogens (tertiary/aromatic N) is 1. The summed E-state index contributed by atoms with van der Waals surface area (Å²) in [6.45, 7) is 1.83. The maximum absolute atomic E-state index is 11.8. The van der Waals surface area contributed by atoms with Crippen molar-refractivity contribution in [3.63, 3.8) is 0 Å². The molecular formula is C15H14ClN3O2S. The van der Waals surface area contributed by atoms with Crippen LogP contribution in [-0.2, 0) is 4.79 Å². The molecule has 114 valence electrons. The second-order valence-electron chi connectivity index (χ2n) is 4.43. The number of carbonyl (C=O) groups is 2. The van der Waals surface area contributed by atoms with Gasteiger partial charge in [-0.15, -0.1) is 11.8 Å². The Morgan fingerprint density at radius 1 is 1.14 bits per heavy atom. The van der Waals surface area contributed by atoms with E-state index in [4.69, 9.17) is 11.6 Å². The largest absolute Gasteiger partial charge is 0.272 e. The highest BCUT2D eigenvalue weighted by Crippen LogP contribution is 2.19. The summed E-state index contributed by atoms with van der Waals surface area (Å²) in [5.41, 5.74) is 5.92. The van der Waals surface area contributed by atoms with E-state index in [1.54, 1.807) is 24.3 Å². The molecule has 2 amide bonds. The molecule has 1 aromatic heterocycles. The van der Waals surface area contributed by atoms with E-state index in [9.17, 15) is 9.59 Å². The zero-order valence-electron chi connectivity index (χ0n) is 11.8. The number of halogens is 1. The number of aromatic nitrogens is 1. The molecule has 2 aromatic rings. The highest BCUT2D eigenvalue weighted by Gasteiger charge is 2.08. The number of pyridine rings is 1. The second kappa shape index (κ2) is 7.82. The van der Waals surface area contributed by atoms with Crippen LogP contribution in [0.3, 0.4) is 0 Å². The summed E-state index contributed by atoms with van der Waals surface area (Å²) in [7, 11) is 0. The number of thioether (sulfide) groups is 1. The number of rotatable bonds is 4. The smallest absolute Gasteiger partial charge is 0.271 e. The van der Waals surface area contributed by atoms with Crippen molar-refractivity contribution in [1.29, 1.82) is 0 Å². The zero-order chi connectivity index (χ0) is 15.9. The fourth-order valence-electron chi connectivity index (χ4n) is 1.52. The summed E-state index contributed by atoms with van der Waals surface area (Å²) in [6.07, 6.45) is 1.46. The minimum Gasteiger partial charge on any atom is -0.272 e. The Balaban J connectivity index is 1.76. The molecule has 0 aliphatic heterocycles. The number of nitrogens with one attached hydrogen (secondary N) is 2. The number of hydrogen-bond acceptors (Lipinski definition) is 4. The molecule has 0 spiro atoms. The molecule has 2 N–H and O–H groups in total. The predicted octanol–water partition coefficient (Wildman–Crippen LogP) is 2.60. The van der Waals surface area contributed by atoms with Gasteiger partial charge < -0.3 is 0 Å². The molecular weight excluding hydrogens is 322 g/mol. The number of hydrazine groups is 1. The van der Waals surface area contributed by atoms with Crippen molar-refractivity contribution in [3.8, 4) is 0 Å². The van der Waals surface area contributed by atoms with Crippen LogP contribution < -0.4 is 10.9 Å². The van der Waals surface area contributed by atoms with Gasteiger partial charge in [0.25, 0.3) is 5.91 Å². The van der Waals surface area contributed by atoms with Crippen molar-refractivity contribution in [3.05, 3.63) is 58.9 Å². The summed E-state index contributed by atoms with van der Waals surface area (Å²) >= 11 is 7.14. The average molecular weight is 336 g/mol. The lowest BCUT2D eigenvalue weighted by Gasteiger charge is -2.07. The van der Waals surface area contributed by atoms with Crippen molar-refractivity contribution >= 4 is 35.2 Å². The van der Waals surface area contributed by atoms with Crippen molar-refractivity contribution in [2.45, 2.75) is 11.8 Å². The van der Waals surface area contributed by atoms with Crippen LogP contribution >= 0.6 is 23.4 Å². The summed E-state index contributed by atoms with van der Waals surface area (Å²) in [5, 5.41) is 0.646. The molecule has 0 saturated heterocycles. The van der Waals surface area contributed by atoms with Gasteiger partial charge in [-0.3, -0.25) is 25.4 Å². The lowest BCUT2D eigenvalue weighted by molar-refractivity contribution is -0.119. The lowest BCUT2D eigenvalue weighted by atomic mass is 10.2. The predicted molar refractivity (Wildman–Crippen MR) is 86.8 cm³/mol. The van der Waals surface area contributed by atoms with E-state index in [0.29, 0.717) is 10.6 Å². The maximum Gasteiger partial charge on any atom is 0.271 e. The van der Waals surface area contributed by atoms with Crippen LogP contribution in [-0.4, -0.2) is 22.6 Å². The first-order valence-corrected chi connectivity index (χ1v) is 7.81. The Labute approximate surface area is 137 Å². The molecule has 22 heavy (non-hydrogen) atoms. The Kier molecular flexibility index (Phi) is 5.80. The van der Waals surface area contributed by atoms with E-state index in [0.717, 1.165) is 10.6 Å². The normalized spacial score (nSPS) is 10.1. The van der Waals surface area contributed by atoms with E-state index in [2.05, 4.69) is 15.8 Å². The number of carbonyl (C=O) groups excluding carboxylic acids is 2. The monoisotopic (exact) mass is 335 g/mol. The molecule has 0 bridgehead atoms. The molecule has 0 atom stereocenters. The second-order valence-corrected chi connectivity index (χ2v) is 5.92. The van der Waals surface area contributed by atoms with Crippen LogP contribution in [0.15, 0.2) is 47.5 Å². The molecule has 0 aliphatic carbocycles. The molecule has 0 saturated carbocycles. The van der Waals surface area contributed by atoms with Gasteiger partial charge in [0.2, 0.25) is 5.91 Å². The van der Waals surface area contributed by atoms with Crippen molar-refractivity contribution in [2.75, 3.05) is 5.75 Å². The molecule has 1 heterocycles. The first kappa shape index (κ1) is 16.3. The van der Waals surface area contributed by atoms with Crippen LogP contribution in [0.25, 0.3) is 0 Å². The SMILES string of the molecule is Cc1ccc(C(=O)NNC(=O)CSc2ccc(Cl)cc2)cn1. The van der Waals surface area contributed by atoms with Crippen LogP contribution in [0.2, 0.25) is 5.02 Å². The molecule has 0 unspecified atom stereocenters. The molecule has 2 rings (SSSR count). The van der Waals surface area contributed by atoms with E-state index in [-0.39, 0.29) is 11.7 Å². The van der Waals surface area contributed by atoms with E-state index in [1.807, 2.05) is 19.1 Å². The lowest BCUT2D eigenvalue weighted by Crippen LogP contribution is -2.42. The highest BCUT2D eigenvalue weighted by atomic mass is 35.5. The van der Waals surface area contributed by atoms with Crippen LogP contribution in [0.4, 0.5) is 0 Å². The Hall–Kier alpha value is -2.05. The fraction of sp³-hybridized carbons (Fsp3) is 0.133. The first-order valence-electron chi connectivity index (χ1n) is 6.45. The Morgan fingerprint density at radius 2 is 1.86 bits per heavy atom. The zero-order valence-corrected chi connectivity index (χ0v) is 13.4. The fourth-order valence-corrected chi connectivity index (χ4v) is 2.34. The minimum atomic E-state index is -0.405. The van der Waals surface area contributed by atoms with E-state index >= 15 is 0 Å². The number of amides is 2.